The molecule has 1 aliphatic rings. The maximum Gasteiger partial charge on any atom is 0.412 e. The van der Waals surface area contributed by atoms with E-state index in [1.165, 1.54) is 12.1 Å². The number of anilines is 2. The summed E-state index contributed by atoms with van der Waals surface area (Å²) in [7, 11) is 0. The van der Waals surface area contributed by atoms with Gasteiger partial charge in [0.15, 0.2) is 6.04 Å². The molecule has 20 heavy (non-hydrogen) atoms. The van der Waals surface area contributed by atoms with E-state index < -0.39 is 31.5 Å². The summed E-state index contributed by atoms with van der Waals surface area (Å²) in [6, 6.07) is 1.17. The Morgan fingerprint density at radius 1 is 1.20 bits per heavy atom. The first-order valence-electron chi connectivity index (χ1n) is 5.50. The molecule has 2 rings (SSSR count). The van der Waals surface area contributed by atoms with Crippen LogP contribution in [0.25, 0.3) is 0 Å². The van der Waals surface area contributed by atoms with Crippen molar-refractivity contribution >= 4 is 11.4 Å². The van der Waals surface area contributed by atoms with Gasteiger partial charge >= 0.3 is 12.4 Å². The summed E-state index contributed by atoms with van der Waals surface area (Å²) in [6.45, 7) is -2.62. The minimum atomic E-state index is -4.83. The zero-order valence-corrected chi connectivity index (χ0v) is 9.92. The molecule has 0 fully saturated rings. The Morgan fingerprint density at radius 2 is 1.85 bits per heavy atom. The van der Waals surface area contributed by atoms with Gasteiger partial charge in [-0.1, -0.05) is 0 Å². The van der Waals surface area contributed by atoms with Crippen molar-refractivity contribution in [3.05, 3.63) is 18.2 Å². The molecule has 1 atom stereocenters. The summed E-state index contributed by atoms with van der Waals surface area (Å²) in [6.07, 6.45) is -9.59. The number of nitrogen functional groups attached to an aromatic ring is 1. The van der Waals surface area contributed by atoms with Gasteiger partial charge < -0.3 is 15.4 Å². The topological polar surface area (TPSA) is 38.5 Å². The Balaban J connectivity index is 2.43. The molecule has 2 N–H and O–H groups in total. The van der Waals surface area contributed by atoms with Gasteiger partial charge in [0.05, 0.1) is 5.69 Å². The predicted octanol–water partition coefficient (Wildman–Crippen LogP) is 2.96. The fourth-order valence-corrected chi connectivity index (χ4v) is 1.97. The van der Waals surface area contributed by atoms with Crippen molar-refractivity contribution in [3.63, 3.8) is 0 Å². The maximum absolute atomic E-state index is 12.8. The number of nitrogens with two attached hydrogens (primary N) is 1. The maximum atomic E-state index is 12.8. The lowest BCUT2D eigenvalue weighted by atomic mass is 10.1. The molecular weight excluding hydrogens is 290 g/mol. The van der Waals surface area contributed by atoms with Crippen molar-refractivity contribution in [2.45, 2.75) is 18.4 Å². The molecule has 9 heteroatoms. The summed E-state index contributed by atoms with van der Waals surface area (Å²) in [5.74, 6) is -0.0882. The van der Waals surface area contributed by atoms with Crippen molar-refractivity contribution in [3.8, 4) is 5.75 Å². The van der Waals surface area contributed by atoms with E-state index in [-0.39, 0.29) is 22.0 Å². The highest BCUT2D eigenvalue weighted by Gasteiger charge is 2.49. The first kappa shape index (κ1) is 14.6. The molecule has 1 unspecified atom stereocenters. The first-order valence-corrected chi connectivity index (χ1v) is 5.50. The Hall–Kier alpha value is -1.80. The highest BCUT2D eigenvalue weighted by molar-refractivity contribution is 5.66. The molecule has 112 valence electrons. The number of nitrogens with zero attached hydrogens (tertiary/aromatic N) is 1. The highest BCUT2D eigenvalue weighted by Crippen LogP contribution is 2.41. The molecule has 0 amide bonds. The van der Waals surface area contributed by atoms with E-state index in [2.05, 4.69) is 0 Å². The minimum Gasteiger partial charge on any atom is -0.489 e. The number of alkyl halides is 6. The molecule has 0 aromatic heterocycles. The van der Waals surface area contributed by atoms with Crippen LogP contribution in [0.5, 0.6) is 5.75 Å². The summed E-state index contributed by atoms with van der Waals surface area (Å²) >= 11 is 0. The van der Waals surface area contributed by atoms with Gasteiger partial charge in [0.25, 0.3) is 0 Å². The van der Waals surface area contributed by atoms with Gasteiger partial charge in [0.1, 0.15) is 18.9 Å². The lowest BCUT2D eigenvalue weighted by Gasteiger charge is -2.39. The number of halogens is 6. The monoisotopic (exact) mass is 300 g/mol. The molecule has 0 spiro atoms. The zero-order chi connectivity index (χ0) is 15.1. The highest BCUT2D eigenvalue weighted by atomic mass is 19.4. The number of rotatable bonds is 1. The second kappa shape index (κ2) is 4.64. The molecule has 0 bridgehead atoms. The molecule has 1 aromatic rings. The van der Waals surface area contributed by atoms with Crippen LogP contribution in [-0.4, -0.2) is 31.5 Å². The molecule has 0 saturated carbocycles. The summed E-state index contributed by atoms with van der Waals surface area (Å²) in [5.41, 5.74) is 5.35. The quantitative estimate of drug-likeness (QED) is 0.640. The van der Waals surface area contributed by atoms with E-state index in [1.807, 2.05) is 0 Å². The van der Waals surface area contributed by atoms with E-state index in [0.717, 1.165) is 6.07 Å². The number of hydrogen-bond acceptors (Lipinski definition) is 3. The average molecular weight is 300 g/mol. The average Bonchev–Trinajstić information content (AvgIpc) is 2.24. The van der Waals surface area contributed by atoms with Crippen LogP contribution in [0.2, 0.25) is 0 Å². The van der Waals surface area contributed by atoms with Gasteiger partial charge in [-0.2, -0.15) is 26.3 Å². The van der Waals surface area contributed by atoms with Crippen LogP contribution in [0.1, 0.15) is 0 Å². The van der Waals surface area contributed by atoms with Crippen molar-refractivity contribution in [1.82, 2.24) is 0 Å². The Morgan fingerprint density at radius 3 is 2.40 bits per heavy atom. The molecule has 3 nitrogen and oxygen atoms in total. The van der Waals surface area contributed by atoms with Crippen LogP contribution in [0.3, 0.4) is 0 Å². The lowest BCUT2D eigenvalue weighted by molar-refractivity contribution is -0.166. The third-order valence-electron chi connectivity index (χ3n) is 2.79. The first-order chi connectivity index (χ1) is 9.08. The van der Waals surface area contributed by atoms with Gasteiger partial charge in [0.2, 0.25) is 0 Å². The molecule has 0 saturated heterocycles. The third kappa shape index (κ3) is 3.02. The van der Waals surface area contributed by atoms with Crippen LogP contribution in [-0.2, 0) is 0 Å². The van der Waals surface area contributed by atoms with Crippen LogP contribution in [0.15, 0.2) is 18.2 Å². The predicted molar refractivity (Wildman–Crippen MR) is 59.6 cm³/mol. The molecular formula is C11H10F6N2O. The third-order valence-corrected chi connectivity index (χ3v) is 2.79. The van der Waals surface area contributed by atoms with Crippen molar-refractivity contribution in [1.29, 1.82) is 0 Å². The Bertz CT molecular complexity index is 499. The van der Waals surface area contributed by atoms with Gasteiger partial charge in [-0.05, 0) is 12.1 Å². The van der Waals surface area contributed by atoms with Crippen molar-refractivity contribution in [2.24, 2.45) is 0 Å². The number of ether oxygens (including phenoxy) is 1. The second-order valence-corrected chi connectivity index (χ2v) is 4.34. The fourth-order valence-electron chi connectivity index (χ4n) is 1.97. The second-order valence-electron chi connectivity index (χ2n) is 4.34. The van der Waals surface area contributed by atoms with Crippen LogP contribution in [0, 0.1) is 0 Å². The van der Waals surface area contributed by atoms with Crippen molar-refractivity contribution < 1.29 is 31.1 Å². The van der Waals surface area contributed by atoms with E-state index in [9.17, 15) is 26.3 Å². The van der Waals surface area contributed by atoms with Gasteiger partial charge in [-0.3, -0.25) is 0 Å². The molecule has 1 aromatic carbocycles. The van der Waals surface area contributed by atoms with E-state index in [0.29, 0.717) is 0 Å². The van der Waals surface area contributed by atoms with Crippen LogP contribution < -0.4 is 15.4 Å². The van der Waals surface area contributed by atoms with Crippen LogP contribution in [0.4, 0.5) is 37.7 Å². The lowest BCUT2D eigenvalue weighted by Crippen LogP contribution is -2.54. The zero-order valence-electron chi connectivity index (χ0n) is 9.92. The largest absolute Gasteiger partial charge is 0.489 e. The molecule has 1 aliphatic heterocycles. The fraction of sp³-hybridized carbons (Fsp3) is 0.455. The SMILES string of the molecule is Nc1ccc2c(c1)OCC(C(F)(F)F)N2CC(F)(F)F. The molecule has 0 radical (unpaired) electrons. The Kier molecular flexibility index (Phi) is 3.39. The number of fused-ring (bicyclic) bond motifs is 1. The smallest absolute Gasteiger partial charge is 0.412 e. The summed E-state index contributed by atoms with van der Waals surface area (Å²) in [4.78, 5) is 0.248. The van der Waals surface area contributed by atoms with Crippen LogP contribution >= 0.6 is 0 Å². The van der Waals surface area contributed by atoms with E-state index in [1.54, 1.807) is 0 Å². The van der Waals surface area contributed by atoms with Crippen molar-refractivity contribution in [2.75, 3.05) is 23.8 Å². The molecule has 0 aliphatic carbocycles. The van der Waals surface area contributed by atoms with Gasteiger partial charge in [-0.15, -0.1) is 0 Å². The number of hydrogen-bond donors (Lipinski definition) is 1. The minimum absolute atomic E-state index is 0.0882. The van der Waals surface area contributed by atoms with E-state index in [4.69, 9.17) is 10.5 Å². The Labute approximate surface area is 109 Å². The number of benzene rings is 1. The normalized spacial score (nSPS) is 19.5. The van der Waals surface area contributed by atoms with Gasteiger partial charge in [0, 0.05) is 11.8 Å². The van der Waals surface area contributed by atoms with E-state index >= 15 is 0 Å². The molecule has 1 heterocycles. The summed E-state index contributed by atoms with van der Waals surface area (Å²) < 4.78 is 80.9. The summed E-state index contributed by atoms with van der Waals surface area (Å²) in [5, 5.41) is 0. The van der Waals surface area contributed by atoms with Gasteiger partial charge in [-0.25, -0.2) is 0 Å². The standard InChI is InChI=1S/C11H10F6N2O/c12-10(13,14)5-19-7-2-1-6(18)3-8(7)20-4-9(19)11(15,16)17/h1-3,9H,4-5,18H2.